The van der Waals surface area contributed by atoms with Crippen molar-refractivity contribution in [3.05, 3.63) is 28.6 Å². The highest BCUT2D eigenvalue weighted by molar-refractivity contribution is 7.13. The van der Waals surface area contributed by atoms with Crippen molar-refractivity contribution in [2.75, 3.05) is 5.73 Å². The lowest BCUT2D eigenvalue weighted by molar-refractivity contribution is 0.385. The topological polar surface area (TPSA) is 64.9 Å². The Labute approximate surface area is 91.4 Å². The molecule has 0 amide bonds. The molecule has 0 aliphatic heterocycles. The molecule has 0 atom stereocenters. The van der Waals surface area contributed by atoms with Gasteiger partial charge in [-0.2, -0.15) is 0 Å². The lowest BCUT2D eigenvalue weighted by Gasteiger charge is -1.81. The van der Waals surface area contributed by atoms with Crippen molar-refractivity contribution in [2.24, 2.45) is 0 Å². The Hall–Kier alpha value is -1.62. The van der Waals surface area contributed by atoms with Gasteiger partial charge in [0.2, 0.25) is 0 Å². The predicted molar refractivity (Wildman–Crippen MR) is 61.3 cm³/mol. The fourth-order valence-corrected chi connectivity index (χ4v) is 1.65. The van der Waals surface area contributed by atoms with Crippen LogP contribution in [0.1, 0.15) is 24.1 Å². The van der Waals surface area contributed by atoms with Crippen LogP contribution in [-0.2, 0) is 6.42 Å². The van der Waals surface area contributed by atoms with Crippen LogP contribution in [0.3, 0.4) is 0 Å². The van der Waals surface area contributed by atoms with Gasteiger partial charge in [0.15, 0.2) is 5.13 Å². The lowest BCUT2D eigenvalue weighted by atomic mass is 10.3. The zero-order valence-corrected chi connectivity index (χ0v) is 9.12. The minimum Gasteiger partial charge on any atom is -0.375 e. The molecule has 0 aliphatic carbocycles. The number of thiazole rings is 1. The second-order valence-electron chi connectivity index (χ2n) is 3.02. The van der Waals surface area contributed by atoms with Crippen LogP contribution < -0.4 is 5.73 Å². The quantitative estimate of drug-likeness (QED) is 0.864. The molecular formula is C10H11N3OS. The average molecular weight is 221 g/mol. The van der Waals surface area contributed by atoms with Crippen molar-refractivity contribution in [2.45, 2.75) is 13.3 Å². The van der Waals surface area contributed by atoms with Gasteiger partial charge in [-0.15, -0.1) is 11.3 Å². The molecule has 2 rings (SSSR count). The number of aromatic nitrogens is 2. The van der Waals surface area contributed by atoms with E-state index in [9.17, 15) is 0 Å². The summed E-state index contributed by atoms with van der Waals surface area (Å²) < 4.78 is 5.06. The molecule has 0 bridgehead atoms. The highest BCUT2D eigenvalue weighted by atomic mass is 32.1. The number of nitrogens with two attached hydrogens (primary N) is 1. The van der Waals surface area contributed by atoms with E-state index in [1.807, 2.05) is 30.5 Å². The normalized spacial score (nSPS) is 11.3. The van der Waals surface area contributed by atoms with Gasteiger partial charge in [-0.05, 0) is 12.2 Å². The summed E-state index contributed by atoms with van der Waals surface area (Å²) in [6.45, 7) is 2.02. The maximum absolute atomic E-state index is 5.51. The minimum atomic E-state index is 0.573. The summed E-state index contributed by atoms with van der Waals surface area (Å²) in [6.07, 6.45) is 4.58. The second-order valence-corrected chi connectivity index (χ2v) is 3.91. The van der Waals surface area contributed by atoms with Gasteiger partial charge in [-0.1, -0.05) is 12.1 Å². The van der Waals surface area contributed by atoms with E-state index >= 15 is 0 Å². The van der Waals surface area contributed by atoms with Gasteiger partial charge >= 0.3 is 0 Å². The molecular weight excluding hydrogens is 210 g/mol. The molecule has 2 heterocycles. The molecule has 0 aliphatic rings. The number of anilines is 1. The molecule has 5 heteroatoms. The van der Waals surface area contributed by atoms with Gasteiger partial charge in [0, 0.05) is 17.9 Å². The standard InChI is InChI=1S/C10H11N3OS/c1-2-9-5-7(13-14-9)3-4-8-6-15-10(11)12-8/h3-6H,2H2,1H3,(H2,11,12)/b4-3+. The van der Waals surface area contributed by atoms with Crippen molar-refractivity contribution < 1.29 is 4.52 Å². The summed E-state index contributed by atoms with van der Waals surface area (Å²) in [5.74, 6) is 0.882. The van der Waals surface area contributed by atoms with E-state index < -0.39 is 0 Å². The lowest BCUT2D eigenvalue weighted by Crippen LogP contribution is -1.80. The average Bonchev–Trinajstić information content (AvgIpc) is 2.83. The summed E-state index contributed by atoms with van der Waals surface area (Å²) in [6, 6.07) is 1.91. The van der Waals surface area contributed by atoms with Gasteiger partial charge in [-0.3, -0.25) is 0 Å². The summed E-state index contributed by atoms with van der Waals surface area (Å²) in [7, 11) is 0. The molecule has 2 N–H and O–H groups in total. The first kappa shape index (κ1) is 9.92. The van der Waals surface area contributed by atoms with Crippen LogP contribution in [0.2, 0.25) is 0 Å². The van der Waals surface area contributed by atoms with Gasteiger partial charge in [0.1, 0.15) is 11.5 Å². The van der Waals surface area contributed by atoms with Crippen LogP contribution >= 0.6 is 11.3 Å². The largest absolute Gasteiger partial charge is 0.375 e. The number of nitrogens with zero attached hydrogens (tertiary/aromatic N) is 2. The van der Waals surface area contributed by atoms with E-state index in [2.05, 4.69) is 10.1 Å². The number of aryl methyl sites for hydroxylation is 1. The van der Waals surface area contributed by atoms with Crippen LogP contribution in [0.5, 0.6) is 0 Å². The Morgan fingerprint density at radius 2 is 2.27 bits per heavy atom. The molecule has 0 aromatic carbocycles. The molecule has 0 fully saturated rings. The van der Waals surface area contributed by atoms with Gasteiger partial charge < -0.3 is 10.3 Å². The monoisotopic (exact) mass is 221 g/mol. The van der Waals surface area contributed by atoms with Gasteiger partial charge in [0.25, 0.3) is 0 Å². The molecule has 0 spiro atoms. The van der Waals surface area contributed by atoms with Crippen LogP contribution in [0.4, 0.5) is 5.13 Å². The van der Waals surface area contributed by atoms with Crippen molar-refractivity contribution >= 4 is 28.6 Å². The summed E-state index contributed by atoms with van der Waals surface area (Å²) >= 11 is 1.42. The Kier molecular flexibility index (Phi) is 2.82. The Bertz CT molecular complexity index is 472. The van der Waals surface area contributed by atoms with Crippen LogP contribution in [0.25, 0.3) is 12.2 Å². The smallest absolute Gasteiger partial charge is 0.180 e. The fraction of sp³-hybridized carbons (Fsp3) is 0.200. The van der Waals surface area contributed by atoms with Crippen molar-refractivity contribution in [1.82, 2.24) is 10.1 Å². The molecule has 78 valence electrons. The minimum absolute atomic E-state index is 0.573. The summed E-state index contributed by atoms with van der Waals surface area (Å²) in [5, 5.41) is 6.36. The summed E-state index contributed by atoms with van der Waals surface area (Å²) in [5.41, 5.74) is 7.16. The third-order valence-electron chi connectivity index (χ3n) is 1.89. The van der Waals surface area contributed by atoms with E-state index in [1.54, 1.807) is 0 Å². The van der Waals surface area contributed by atoms with E-state index in [4.69, 9.17) is 10.3 Å². The molecule has 0 radical (unpaired) electrons. The highest BCUT2D eigenvalue weighted by Gasteiger charge is 1.98. The number of rotatable bonds is 3. The van der Waals surface area contributed by atoms with Crippen molar-refractivity contribution in [3.8, 4) is 0 Å². The molecule has 15 heavy (non-hydrogen) atoms. The van der Waals surface area contributed by atoms with Crippen LogP contribution in [-0.4, -0.2) is 10.1 Å². The first-order valence-electron chi connectivity index (χ1n) is 4.62. The Morgan fingerprint density at radius 1 is 1.47 bits per heavy atom. The number of hydrogen-bond acceptors (Lipinski definition) is 5. The molecule has 0 unspecified atom stereocenters. The zero-order chi connectivity index (χ0) is 10.7. The maximum atomic E-state index is 5.51. The molecule has 0 saturated carbocycles. The van der Waals surface area contributed by atoms with Gasteiger partial charge in [-0.25, -0.2) is 4.98 Å². The first-order valence-corrected chi connectivity index (χ1v) is 5.50. The second kappa shape index (κ2) is 4.27. The van der Waals surface area contributed by atoms with Crippen LogP contribution in [0, 0.1) is 0 Å². The fourth-order valence-electron chi connectivity index (χ4n) is 1.12. The van der Waals surface area contributed by atoms with Crippen molar-refractivity contribution in [3.63, 3.8) is 0 Å². The Balaban J connectivity index is 2.11. The highest BCUT2D eigenvalue weighted by Crippen LogP contribution is 2.14. The third kappa shape index (κ3) is 2.44. The SMILES string of the molecule is CCc1cc(/C=C/c2csc(N)n2)no1. The van der Waals surface area contributed by atoms with Crippen LogP contribution in [0.15, 0.2) is 16.0 Å². The van der Waals surface area contributed by atoms with Gasteiger partial charge in [0.05, 0.1) is 5.69 Å². The summed E-state index contributed by atoms with van der Waals surface area (Å²) in [4.78, 5) is 4.10. The van der Waals surface area contributed by atoms with Crippen molar-refractivity contribution in [1.29, 1.82) is 0 Å². The zero-order valence-electron chi connectivity index (χ0n) is 8.30. The van der Waals surface area contributed by atoms with E-state index in [-0.39, 0.29) is 0 Å². The molecule has 4 nitrogen and oxygen atoms in total. The van der Waals surface area contributed by atoms with E-state index in [1.165, 1.54) is 11.3 Å². The Morgan fingerprint density at radius 3 is 2.87 bits per heavy atom. The predicted octanol–water partition coefficient (Wildman–Crippen LogP) is 2.45. The third-order valence-corrected chi connectivity index (χ3v) is 2.58. The molecule has 2 aromatic rings. The number of nitrogen functional groups attached to an aromatic ring is 1. The van der Waals surface area contributed by atoms with E-state index in [0.717, 1.165) is 23.6 Å². The van der Waals surface area contributed by atoms with E-state index in [0.29, 0.717) is 5.13 Å². The molecule has 0 saturated heterocycles. The first-order chi connectivity index (χ1) is 7.28. The maximum Gasteiger partial charge on any atom is 0.180 e. The molecule has 2 aromatic heterocycles. The number of hydrogen-bond donors (Lipinski definition) is 1.